The van der Waals surface area contributed by atoms with Gasteiger partial charge in [-0.2, -0.15) is 5.10 Å². The number of hydrazone groups is 1. The van der Waals surface area contributed by atoms with Gasteiger partial charge < -0.3 is 10.3 Å². The van der Waals surface area contributed by atoms with Crippen molar-refractivity contribution in [2.75, 3.05) is 20.1 Å². The maximum atomic E-state index is 4.51. The van der Waals surface area contributed by atoms with E-state index >= 15 is 0 Å². The zero-order valence-electron chi connectivity index (χ0n) is 10.5. The van der Waals surface area contributed by atoms with E-state index in [-0.39, 0.29) is 0 Å². The summed E-state index contributed by atoms with van der Waals surface area (Å²) in [5.74, 6) is 0.552. The van der Waals surface area contributed by atoms with Gasteiger partial charge in [-0.3, -0.25) is 0 Å². The number of hydrogen-bond donors (Lipinski definition) is 1. The van der Waals surface area contributed by atoms with E-state index in [0.29, 0.717) is 12.0 Å². The minimum atomic E-state index is 0.369. The molecule has 0 spiro atoms. The highest BCUT2D eigenvalue weighted by molar-refractivity contribution is 5.89. The fourth-order valence-corrected chi connectivity index (χ4v) is 2.78. The first-order valence-corrected chi connectivity index (χ1v) is 6.31. The average Bonchev–Trinajstić information content (AvgIpc) is 2.73. The molecule has 0 radical (unpaired) electrons. The largest absolute Gasteiger partial charge is 0.305 e. The third kappa shape index (κ3) is 1.95. The summed E-state index contributed by atoms with van der Waals surface area (Å²) in [7, 11) is 2.20. The Bertz CT molecular complexity index is 435. The van der Waals surface area contributed by atoms with Gasteiger partial charge in [-0.25, -0.2) is 0 Å². The molecule has 1 N–H and O–H groups in total. The number of fused-ring (bicyclic) bond motifs is 1. The molecule has 0 aliphatic carbocycles. The fraction of sp³-hybridized carbons (Fsp3) is 0.500. The molecule has 2 unspecified atom stereocenters. The van der Waals surface area contributed by atoms with Crippen LogP contribution in [-0.2, 0) is 0 Å². The van der Waals surface area contributed by atoms with Crippen molar-refractivity contribution in [3.63, 3.8) is 0 Å². The van der Waals surface area contributed by atoms with Crippen molar-refractivity contribution in [2.45, 2.75) is 19.4 Å². The molecule has 1 fully saturated rings. The van der Waals surface area contributed by atoms with Gasteiger partial charge in [0.15, 0.2) is 0 Å². The van der Waals surface area contributed by atoms with Crippen molar-refractivity contribution in [1.82, 2.24) is 10.3 Å². The van der Waals surface area contributed by atoms with Crippen molar-refractivity contribution in [2.24, 2.45) is 11.0 Å². The summed E-state index contributed by atoms with van der Waals surface area (Å²) in [5.41, 5.74) is 7.34. The summed E-state index contributed by atoms with van der Waals surface area (Å²) in [6, 6.07) is 9.18. The van der Waals surface area contributed by atoms with Gasteiger partial charge >= 0.3 is 0 Å². The van der Waals surface area contributed by atoms with Crippen molar-refractivity contribution < 1.29 is 0 Å². The third-order valence-corrected chi connectivity index (χ3v) is 3.87. The van der Waals surface area contributed by atoms with Crippen molar-refractivity contribution in [3.8, 4) is 0 Å². The first-order chi connectivity index (χ1) is 8.24. The Morgan fingerprint density at radius 1 is 1.29 bits per heavy atom. The third-order valence-electron chi connectivity index (χ3n) is 3.87. The first-order valence-electron chi connectivity index (χ1n) is 6.31. The molecule has 3 rings (SSSR count). The molecule has 2 atom stereocenters. The number of aryl methyl sites for hydroxylation is 1. The molecule has 17 heavy (non-hydrogen) atoms. The second-order valence-electron chi connectivity index (χ2n) is 5.24. The van der Waals surface area contributed by atoms with E-state index in [0.717, 1.165) is 19.5 Å². The van der Waals surface area contributed by atoms with Crippen LogP contribution in [-0.4, -0.2) is 30.7 Å². The summed E-state index contributed by atoms with van der Waals surface area (Å²) in [4.78, 5) is 2.40. The van der Waals surface area contributed by atoms with Gasteiger partial charge in [0.1, 0.15) is 0 Å². The van der Waals surface area contributed by atoms with Gasteiger partial charge in [-0.05, 0) is 19.5 Å². The lowest BCUT2D eigenvalue weighted by molar-refractivity contribution is 0.272. The van der Waals surface area contributed by atoms with Crippen LogP contribution < -0.4 is 5.43 Å². The number of nitrogens with one attached hydrogen (secondary N) is 1. The SMILES string of the molecule is Cc1ccc(C2NN=C3CCN(C)CC32)cc1. The molecule has 2 aliphatic rings. The highest BCUT2D eigenvalue weighted by Gasteiger charge is 2.35. The van der Waals surface area contributed by atoms with Gasteiger partial charge in [0.25, 0.3) is 0 Å². The molecular formula is C14H19N3. The van der Waals surface area contributed by atoms with Crippen molar-refractivity contribution >= 4 is 5.71 Å². The summed E-state index contributed by atoms with van der Waals surface area (Å²) < 4.78 is 0. The van der Waals surface area contributed by atoms with Crippen LogP contribution >= 0.6 is 0 Å². The van der Waals surface area contributed by atoms with Gasteiger partial charge in [0.05, 0.1) is 6.04 Å². The molecule has 0 amide bonds. The topological polar surface area (TPSA) is 27.6 Å². The van der Waals surface area contributed by atoms with Crippen LogP contribution in [0.1, 0.15) is 23.6 Å². The van der Waals surface area contributed by atoms with Gasteiger partial charge in [-0.15, -0.1) is 0 Å². The molecule has 0 saturated carbocycles. The average molecular weight is 229 g/mol. The maximum Gasteiger partial charge on any atom is 0.0782 e. The zero-order chi connectivity index (χ0) is 11.8. The number of hydrogen-bond acceptors (Lipinski definition) is 3. The standard InChI is InChI=1S/C14H19N3/c1-10-3-5-11(6-4-10)14-12-9-17(2)8-7-13(12)15-16-14/h3-6,12,14,16H,7-9H2,1-2H3. The number of piperidine rings is 1. The summed E-state index contributed by atoms with van der Waals surface area (Å²) in [6.07, 6.45) is 1.11. The van der Waals surface area contributed by atoms with Crippen LogP contribution in [0.3, 0.4) is 0 Å². The Hall–Kier alpha value is -1.35. The molecule has 1 aromatic rings. The van der Waals surface area contributed by atoms with Crippen LogP contribution in [0.15, 0.2) is 29.4 Å². The molecule has 1 aromatic carbocycles. The minimum absolute atomic E-state index is 0.369. The van der Waals surface area contributed by atoms with Crippen LogP contribution in [0.5, 0.6) is 0 Å². The maximum absolute atomic E-state index is 4.51. The first kappa shape index (κ1) is 10.8. The second-order valence-corrected chi connectivity index (χ2v) is 5.24. The molecule has 2 aliphatic heterocycles. The molecule has 1 saturated heterocycles. The Kier molecular flexibility index (Phi) is 2.63. The quantitative estimate of drug-likeness (QED) is 0.797. The lowest BCUT2D eigenvalue weighted by Gasteiger charge is -2.30. The second kappa shape index (κ2) is 4.15. The molecule has 0 bridgehead atoms. The molecule has 0 aromatic heterocycles. The number of nitrogens with zero attached hydrogens (tertiary/aromatic N) is 2. The van der Waals surface area contributed by atoms with E-state index in [9.17, 15) is 0 Å². The molecule has 3 heteroatoms. The van der Waals surface area contributed by atoms with Gasteiger partial charge in [0, 0.05) is 31.1 Å². The predicted molar refractivity (Wildman–Crippen MR) is 70.1 cm³/mol. The van der Waals surface area contributed by atoms with E-state index in [1.807, 2.05) is 0 Å². The Morgan fingerprint density at radius 2 is 2.06 bits per heavy atom. The normalized spacial score (nSPS) is 28.5. The Labute approximate surface area is 103 Å². The van der Waals surface area contributed by atoms with E-state index < -0.39 is 0 Å². The summed E-state index contributed by atoms with van der Waals surface area (Å²) >= 11 is 0. The van der Waals surface area contributed by atoms with Crippen LogP contribution in [0, 0.1) is 12.8 Å². The summed E-state index contributed by atoms with van der Waals surface area (Å²) in [5, 5.41) is 4.51. The van der Waals surface area contributed by atoms with Gasteiger partial charge in [0.2, 0.25) is 0 Å². The Balaban J connectivity index is 1.83. The van der Waals surface area contributed by atoms with E-state index in [2.05, 4.69) is 53.7 Å². The summed E-state index contributed by atoms with van der Waals surface area (Å²) in [6.45, 7) is 4.38. The highest BCUT2D eigenvalue weighted by Crippen LogP contribution is 2.31. The highest BCUT2D eigenvalue weighted by atomic mass is 15.3. The fourth-order valence-electron chi connectivity index (χ4n) is 2.78. The molecule has 90 valence electrons. The predicted octanol–water partition coefficient (Wildman–Crippen LogP) is 1.95. The van der Waals surface area contributed by atoms with Crippen LogP contribution in [0.2, 0.25) is 0 Å². The van der Waals surface area contributed by atoms with Crippen molar-refractivity contribution in [1.29, 1.82) is 0 Å². The zero-order valence-corrected chi connectivity index (χ0v) is 10.5. The van der Waals surface area contributed by atoms with Crippen LogP contribution in [0.4, 0.5) is 0 Å². The minimum Gasteiger partial charge on any atom is -0.305 e. The van der Waals surface area contributed by atoms with E-state index in [4.69, 9.17) is 0 Å². The lowest BCUT2D eigenvalue weighted by Crippen LogP contribution is -2.39. The number of benzene rings is 1. The van der Waals surface area contributed by atoms with E-state index in [1.54, 1.807) is 0 Å². The van der Waals surface area contributed by atoms with Crippen LogP contribution in [0.25, 0.3) is 0 Å². The Morgan fingerprint density at radius 3 is 2.82 bits per heavy atom. The number of rotatable bonds is 1. The van der Waals surface area contributed by atoms with Gasteiger partial charge in [-0.1, -0.05) is 29.8 Å². The molecule has 3 nitrogen and oxygen atoms in total. The lowest BCUT2D eigenvalue weighted by atomic mass is 9.86. The molecule has 2 heterocycles. The van der Waals surface area contributed by atoms with Crippen molar-refractivity contribution in [3.05, 3.63) is 35.4 Å². The smallest absolute Gasteiger partial charge is 0.0782 e. The molecular weight excluding hydrogens is 210 g/mol. The monoisotopic (exact) mass is 229 g/mol. The number of likely N-dealkylation sites (tertiary alicyclic amines) is 1. The van der Waals surface area contributed by atoms with E-state index in [1.165, 1.54) is 16.8 Å².